The van der Waals surface area contributed by atoms with Crippen molar-refractivity contribution in [1.82, 2.24) is 15.0 Å². The zero-order chi connectivity index (χ0) is 17.9. The lowest BCUT2D eigenvalue weighted by atomic mass is 9.95. The number of rotatable bonds is 4. The van der Waals surface area contributed by atoms with Crippen molar-refractivity contribution in [3.05, 3.63) is 72.1 Å². The lowest BCUT2D eigenvalue weighted by Gasteiger charge is -2.30. The number of pyridine rings is 1. The summed E-state index contributed by atoms with van der Waals surface area (Å²) < 4.78 is 5.82. The fourth-order valence-electron chi connectivity index (χ4n) is 3.22. The number of nitrogens with zero attached hydrogens (tertiary/aromatic N) is 3. The van der Waals surface area contributed by atoms with Crippen LogP contribution in [0.4, 0.5) is 5.69 Å². The molecule has 1 atom stereocenters. The van der Waals surface area contributed by atoms with Crippen molar-refractivity contribution < 1.29 is 9.53 Å². The fourth-order valence-corrected chi connectivity index (χ4v) is 3.22. The van der Waals surface area contributed by atoms with E-state index in [2.05, 4.69) is 15.0 Å². The Balaban J connectivity index is 1.62. The van der Waals surface area contributed by atoms with Gasteiger partial charge in [-0.25, -0.2) is 4.98 Å². The van der Waals surface area contributed by atoms with Gasteiger partial charge in [-0.05, 0) is 36.6 Å². The number of anilines is 1. The number of fused-ring (bicyclic) bond motifs is 1. The van der Waals surface area contributed by atoms with Crippen LogP contribution in [0.1, 0.15) is 17.0 Å². The molecule has 0 radical (unpaired) electrons. The molecule has 1 amide bonds. The van der Waals surface area contributed by atoms with Crippen molar-refractivity contribution in [3.63, 3.8) is 0 Å². The molecule has 0 spiro atoms. The summed E-state index contributed by atoms with van der Waals surface area (Å²) in [4.78, 5) is 26.6. The smallest absolute Gasteiger partial charge is 0.234 e. The summed E-state index contributed by atoms with van der Waals surface area (Å²) in [5.74, 6) is 1.38. The molecule has 0 saturated heterocycles. The minimum Gasteiger partial charge on any atom is -0.492 e. The minimum atomic E-state index is -0.236. The fraction of sp³-hybridized carbons (Fsp3) is 0.250. The first-order valence-corrected chi connectivity index (χ1v) is 8.62. The summed E-state index contributed by atoms with van der Waals surface area (Å²) in [5.41, 5.74) is 2.84. The van der Waals surface area contributed by atoms with Gasteiger partial charge < -0.3 is 14.6 Å². The van der Waals surface area contributed by atoms with Crippen molar-refractivity contribution in [1.29, 1.82) is 0 Å². The van der Waals surface area contributed by atoms with Crippen molar-refractivity contribution in [2.24, 2.45) is 5.92 Å². The Bertz CT molecular complexity index is 908. The number of aromatic amines is 1. The molecule has 0 fully saturated rings. The van der Waals surface area contributed by atoms with E-state index in [9.17, 15) is 4.79 Å². The first-order valence-electron chi connectivity index (χ1n) is 8.62. The summed E-state index contributed by atoms with van der Waals surface area (Å²) in [6, 6.07) is 9.84. The molecule has 4 rings (SSSR count). The number of H-pyrrole nitrogens is 1. The van der Waals surface area contributed by atoms with E-state index in [4.69, 9.17) is 4.74 Å². The Morgan fingerprint density at radius 2 is 2.23 bits per heavy atom. The lowest BCUT2D eigenvalue weighted by molar-refractivity contribution is -0.123. The Kier molecular flexibility index (Phi) is 4.39. The lowest BCUT2D eigenvalue weighted by Crippen LogP contribution is -2.41. The highest BCUT2D eigenvalue weighted by atomic mass is 16.5. The molecule has 26 heavy (non-hydrogen) atoms. The molecule has 0 bridgehead atoms. The highest BCUT2D eigenvalue weighted by Crippen LogP contribution is 2.29. The second kappa shape index (κ2) is 7.00. The first-order chi connectivity index (χ1) is 12.7. The Hall–Kier alpha value is -3.15. The molecule has 0 saturated carbocycles. The van der Waals surface area contributed by atoms with E-state index in [1.165, 1.54) is 0 Å². The number of amides is 1. The molecule has 0 aliphatic carbocycles. The largest absolute Gasteiger partial charge is 0.492 e. The molecule has 6 heteroatoms. The third-order valence-electron chi connectivity index (χ3n) is 4.53. The van der Waals surface area contributed by atoms with Crippen LogP contribution >= 0.6 is 0 Å². The van der Waals surface area contributed by atoms with Crippen LogP contribution in [-0.2, 0) is 17.8 Å². The number of imidazole rings is 1. The van der Waals surface area contributed by atoms with Gasteiger partial charge in [0.1, 0.15) is 18.2 Å². The number of aryl methyl sites for hydroxylation is 1. The molecule has 0 unspecified atom stereocenters. The number of nitrogens with one attached hydrogen (secondary N) is 1. The van der Waals surface area contributed by atoms with Gasteiger partial charge in [-0.3, -0.25) is 9.78 Å². The maximum atomic E-state index is 13.3. The molecular formula is C20H20N4O2. The quantitative estimate of drug-likeness (QED) is 0.787. The van der Waals surface area contributed by atoms with E-state index in [0.717, 1.165) is 28.4 Å². The Morgan fingerprint density at radius 1 is 1.35 bits per heavy atom. The molecule has 1 aromatic carbocycles. The van der Waals surface area contributed by atoms with Crippen LogP contribution < -0.4 is 9.64 Å². The standard InChI is InChI=1S/C20H20N4O2/c1-14-8-17(11-21-10-14)24(12-19-22-6-7-23-19)20(25)16-9-15-4-2-3-5-18(15)26-13-16/h2-8,10-11,16H,9,12-13H2,1H3,(H,22,23)/t16-/m0/s1. The van der Waals surface area contributed by atoms with Crippen molar-refractivity contribution >= 4 is 11.6 Å². The predicted molar refractivity (Wildman–Crippen MR) is 97.9 cm³/mol. The third kappa shape index (κ3) is 3.31. The van der Waals surface area contributed by atoms with Gasteiger partial charge in [0.25, 0.3) is 0 Å². The Labute approximate surface area is 151 Å². The summed E-state index contributed by atoms with van der Waals surface area (Å²) in [7, 11) is 0. The molecule has 1 N–H and O–H groups in total. The molecule has 3 heterocycles. The van der Waals surface area contributed by atoms with Gasteiger partial charge in [-0.2, -0.15) is 0 Å². The number of ether oxygens (including phenoxy) is 1. The molecule has 1 aliphatic rings. The molecule has 2 aromatic heterocycles. The molecule has 1 aliphatic heterocycles. The zero-order valence-corrected chi connectivity index (χ0v) is 14.6. The average Bonchev–Trinajstić information content (AvgIpc) is 3.18. The van der Waals surface area contributed by atoms with Gasteiger partial charge in [0, 0.05) is 18.6 Å². The van der Waals surface area contributed by atoms with E-state index < -0.39 is 0 Å². The number of hydrogen-bond acceptors (Lipinski definition) is 4. The van der Waals surface area contributed by atoms with Crippen LogP contribution in [0.3, 0.4) is 0 Å². The van der Waals surface area contributed by atoms with E-state index >= 15 is 0 Å². The summed E-state index contributed by atoms with van der Waals surface area (Å²) in [6.45, 7) is 2.71. The van der Waals surface area contributed by atoms with Crippen LogP contribution in [0, 0.1) is 12.8 Å². The van der Waals surface area contributed by atoms with Gasteiger partial charge in [0.2, 0.25) is 5.91 Å². The highest BCUT2D eigenvalue weighted by molar-refractivity contribution is 5.95. The maximum Gasteiger partial charge on any atom is 0.234 e. The second-order valence-electron chi connectivity index (χ2n) is 6.50. The molecule has 6 nitrogen and oxygen atoms in total. The van der Waals surface area contributed by atoms with Crippen molar-refractivity contribution in [2.45, 2.75) is 19.9 Å². The van der Waals surface area contributed by atoms with Gasteiger partial charge in [0.15, 0.2) is 0 Å². The number of carbonyl (C=O) groups excluding carboxylic acids is 1. The topological polar surface area (TPSA) is 71.1 Å². The van der Waals surface area contributed by atoms with Crippen LogP contribution in [0.25, 0.3) is 0 Å². The number of benzene rings is 1. The molecule has 132 valence electrons. The van der Waals surface area contributed by atoms with Crippen molar-refractivity contribution in [2.75, 3.05) is 11.5 Å². The van der Waals surface area contributed by atoms with Crippen LogP contribution in [0.5, 0.6) is 5.75 Å². The van der Waals surface area contributed by atoms with E-state index in [1.54, 1.807) is 29.7 Å². The number of aromatic nitrogens is 3. The van der Waals surface area contributed by atoms with Gasteiger partial charge >= 0.3 is 0 Å². The SMILES string of the molecule is Cc1cncc(N(Cc2ncc[nH]2)C(=O)[C@@H]2COc3ccccc3C2)c1. The highest BCUT2D eigenvalue weighted by Gasteiger charge is 2.31. The second-order valence-corrected chi connectivity index (χ2v) is 6.50. The van der Waals surface area contributed by atoms with Gasteiger partial charge in [0.05, 0.1) is 24.3 Å². The Morgan fingerprint density at radius 3 is 3.04 bits per heavy atom. The summed E-state index contributed by atoms with van der Waals surface area (Å²) in [6.07, 6.45) is 7.60. The van der Waals surface area contributed by atoms with Crippen LogP contribution in [-0.4, -0.2) is 27.5 Å². The van der Waals surface area contributed by atoms with Crippen molar-refractivity contribution in [3.8, 4) is 5.75 Å². The predicted octanol–water partition coefficient (Wildman–Crippen LogP) is 2.90. The molecule has 3 aromatic rings. The van der Waals surface area contributed by atoms with Crippen LogP contribution in [0.15, 0.2) is 55.1 Å². The van der Waals surface area contributed by atoms with Gasteiger partial charge in [-0.1, -0.05) is 18.2 Å². The van der Waals surface area contributed by atoms with Crippen LogP contribution in [0.2, 0.25) is 0 Å². The monoisotopic (exact) mass is 348 g/mol. The van der Waals surface area contributed by atoms with E-state index in [1.807, 2.05) is 37.3 Å². The first kappa shape index (κ1) is 16.3. The number of hydrogen-bond donors (Lipinski definition) is 1. The number of para-hydroxylation sites is 1. The van der Waals surface area contributed by atoms with Gasteiger partial charge in [-0.15, -0.1) is 0 Å². The number of carbonyl (C=O) groups is 1. The minimum absolute atomic E-state index is 0.0169. The normalized spacial score (nSPS) is 15.8. The summed E-state index contributed by atoms with van der Waals surface area (Å²) >= 11 is 0. The average molecular weight is 348 g/mol. The molecular weight excluding hydrogens is 328 g/mol. The summed E-state index contributed by atoms with van der Waals surface area (Å²) in [5, 5.41) is 0. The zero-order valence-electron chi connectivity index (χ0n) is 14.6. The van der Waals surface area contributed by atoms with E-state index in [-0.39, 0.29) is 11.8 Å². The maximum absolute atomic E-state index is 13.3. The van der Waals surface area contributed by atoms with E-state index in [0.29, 0.717) is 19.6 Å². The third-order valence-corrected chi connectivity index (χ3v) is 4.53.